The Morgan fingerprint density at radius 3 is 2.43 bits per heavy atom. The third-order valence-corrected chi connectivity index (χ3v) is 2.59. The van der Waals surface area contributed by atoms with Crippen LogP contribution in [-0.2, 0) is 30.3 Å². The molecule has 1 rings (SSSR count). The molecule has 0 saturated carbocycles. The molecule has 0 amide bonds. The summed E-state index contributed by atoms with van der Waals surface area (Å²) in [6, 6.07) is 9.90. The number of carbonyl (C=O) groups is 1. The Bertz CT molecular complexity index is 391. The van der Waals surface area contributed by atoms with Crippen molar-refractivity contribution in [2.75, 3.05) is 20.0 Å². The van der Waals surface area contributed by atoms with Gasteiger partial charge in [-0.05, 0) is 19.4 Å². The topological polar surface area (TPSA) is 54.0 Å². The number of benzene rings is 1. The predicted octanol–water partition coefficient (Wildman–Crippen LogP) is 2.53. The maximum atomic E-state index is 10.7. The van der Waals surface area contributed by atoms with E-state index in [0.717, 1.165) is 5.56 Å². The van der Waals surface area contributed by atoms with Gasteiger partial charge in [0, 0.05) is 6.92 Å². The molecule has 0 aliphatic carbocycles. The molecule has 0 spiro atoms. The van der Waals surface area contributed by atoms with Gasteiger partial charge < -0.3 is 18.9 Å². The third-order valence-electron chi connectivity index (χ3n) is 2.59. The number of hydrogen-bond acceptors (Lipinski definition) is 5. The van der Waals surface area contributed by atoms with E-state index in [-0.39, 0.29) is 25.0 Å². The van der Waals surface area contributed by atoms with Crippen LogP contribution < -0.4 is 0 Å². The molecular weight excluding hydrogens is 272 g/mol. The molecule has 1 unspecified atom stereocenters. The quantitative estimate of drug-likeness (QED) is 0.377. The van der Waals surface area contributed by atoms with Crippen LogP contribution in [0.25, 0.3) is 0 Å². The normalized spacial score (nSPS) is 12.4. The summed E-state index contributed by atoms with van der Waals surface area (Å²) in [5.74, 6) is -0.366. The minimum Gasteiger partial charge on any atom is -0.439 e. The van der Waals surface area contributed by atoms with Crippen molar-refractivity contribution in [3.8, 4) is 0 Å². The summed E-state index contributed by atoms with van der Waals surface area (Å²) >= 11 is 0. The number of hydrogen-bond donors (Lipinski definition) is 0. The van der Waals surface area contributed by atoms with Gasteiger partial charge in [-0.1, -0.05) is 30.3 Å². The molecule has 5 heteroatoms. The summed E-state index contributed by atoms with van der Waals surface area (Å²) in [7, 11) is 0. The fourth-order valence-corrected chi connectivity index (χ4v) is 1.54. The molecule has 0 radical (unpaired) electrons. The highest BCUT2D eigenvalue weighted by molar-refractivity contribution is 5.65. The van der Waals surface area contributed by atoms with E-state index in [1.807, 2.05) is 44.2 Å². The monoisotopic (exact) mass is 296 g/mol. The van der Waals surface area contributed by atoms with Crippen LogP contribution in [-0.4, -0.2) is 38.2 Å². The minimum atomic E-state index is -0.366. The molecule has 1 aromatic rings. The van der Waals surface area contributed by atoms with E-state index >= 15 is 0 Å². The van der Waals surface area contributed by atoms with E-state index in [0.29, 0.717) is 19.8 Å². The third kappa shape index (κ3) is 9.18. The molecule has 21 heavy (non-hydrogen) atoms. The predicted molar refractivity (Wildman–Crippen MR) is 78.7 cm³/mol. The van der Waals surface area contributed by atoms with Gasteiger partial charge in [0.05, 0.1) is 25.9 Å². The zero-order valence-electron chi connectivity index (χ0n) is 12.9. The lowest BCUT2D eigenvalue weighted by molar-refractivity contribution is -0.159. The highest BCUT2D eigenvalue weighted by Gasteiger charge is 2.12. The standard InChI is InChI=1S/C16H24O5/c1-13(2)19-11-16(10-18-12-21-14(3)17)20-9-15-7-5-4-6-8-15/h4-8,13,16H,9-12H2,1-3H3. The van der Waals surface area contributed by atoms with E-state index in [4.69, 9.17) is 18.9 Å². The van der Waals surface area contributed by atoms with Gasteiger partial charge in [-0.15, -0.1) is 0 Å². The van der Waals surface area contributed by atoms with Crippen LogP contribution in [0.15, 0.2) is 30.3 Å². The Balaban J connectivity index is 2.34. The van der Waals surface area contributed by atoms with Gasteiger partial charge in [0.15, 0.2) is 6.79 Å². The van der Waals surface area contributed by atoms with Gasteiger partial charge in [-0.2, -0.15) is 0 Å². The fraction of sp³-hybridized carbons (Fsp3) is 0.562. The van der Waals surface area contributed by atoms with E-state index < -0.39 is 0 Å². The van der Waals surface area contributed by atoms with E-state index in [1.165, 1.54) is 6.92 Å². The SMILES string of the molecule is CC(=O)OCOCC(COC(C)C)OCc1ccccc1. The van der Waals surface area contributed by atoms with Gasteiger partial charge in [0.25, 0.3) is 0 Å². The summed E-state index contributed by atoms with van der Waals surface area (Å²) in [6.07, 6.45) is -0.0792. The second-order valence-electron chi connectivity index (χ2n) is 4.93. The van der Waals surface area contributed by atoms with Crippen LogP contribution in [0.2, 0.25) is 0 Å². The smallest absolute Gasteiger partial charge is 0.304 e. The highest BCUT2D eigenvalue weighted by Crippen LogP contribution is 2.05. The van der Waals surface area contributed by atoms with Crippen LogP contribution in [0.1, 0.15) is 26.3 Å². The molecule has 0 aromatic heterocycles. The molecule has 0 fully saturated rings. The zero-order chi connectivity index (χ0) is 15.5. The molecule has 0 saturated heterocycles. The summed E-state index contributed by atoms with van der Waals surface area (Å²) in [5.41, 5.74) is 1.09. The first-order valence-corrected chi connectivity index (χ1v) is 7.06. The van der Waals surface area contributed by atoms with Crippen molar-refractivity contribution in [1.82, 2.24) is 0 Å². The average molecular weight is 296 g/mol. The van der Waals surface area contributed by atoms with Crippen molar-refractivity contribution in [3.63, 3.8) is 0 Å². The van der Waals surface area contributed by atoms with Crippen molar-refractivity contribution in [1.29, 1.82) is 0 Å². The Labute approximate surface area is 126 Å². The lowest BCUT2D eigenvalue weighted by atomic mass is 10.2. The Morgan fingerprint density at radius 2 is 1.81 bits per heavy atom. The van der Waals surface area contributed by atoms with Crippen LogP contribution in [0.5, 0.6) is 0 Å². The zero-order valence-corrected chi connectivity index (χ0v) is 12.9. The van der Waals surface area contributed by atoms with Crippen LogP contribution in [0, 0.1) is 0 Å². The largest absolute Gasteiger partial charge is 0.439 e. The van der Waals surface area contributed by atoms with Gasteiger partial charge in [-0.25, -0.2) is 0 Å². The van der Waals surface area contributed by atoms with E-state index in [2.05, 4.69) is 0 Å². The van der Waals surface area contributed by atoms with Crippen molar-refractivity contribution >= 4 is 5.97 Å². The van der Waals surface area contributed by atoms with Crippen molar-refractivity contribution in [2.24, 2.45) is 0 Å². The summed E-state index contributed by atoms with van der Waals surface area (Å²) in [4.78, 5) is 10.7. The molecule has 1 atom stereocenters. The van der Waals surface area contributed by atoms with Crippen molar-refractivity contribution in [2.45, 2.75) is 39.6 Å². The molecule has 5 nitrogen and oxygen atoms in total. The first-order chi connectivity index (χ1) is 10.1. The van der Waals surface area contributed by atoms with Gasteiger partial charge in [0.1, 0.15) is 6.10 Å². The van der Waals surface area contributed by atoms with Gasteiger partial charge in [-0.3, -0.25) is 4.79 Å². The molecular formula is C16H24O5. The van der Waals surface area contributed by atoms with Crippen molar-refractivity contribution < 1.29 is 23.7 Å². The van der Waals surface area contributed by atoms with Crippen molar-refractivity contribution in [3.05, 3.63) is 35.9 Å². The molecule has 0 heterocycles. The molecule has 0 aliphatic heterocycles. The van der Waals surface area contributed by atoms with Crippen LogP contribution >= 0.6 is 0 Å². The van der Waals surface area contributed by atoms with Gasteiger partial charge in [0.2, 0.25) is 0 Å². The average Bonchev–Trinajstić information content (AvgIpc) is 2.46. The Morgan fingerprint density at radius 1 is 1.10 bits per heavy atom. The second-order valence-corrected chi connectivity index (χ2v) is 4.93. The maximum Gasteiger partial charge on any atom is 0.304 e. The lowest BCUT2D eigenvalue weighted by Crippen LogP contribution is -2.28. The van der Waals surface area contributed by atoms with Crippen LogP contribution in [0.3, 0.4) is 0 Å². The Kier molecular flexibility index (Phi) is 8.66. The maximum absolute atomic E-state index is 10.7. The number of esters is 1. The minimum absolute atomic E-state index is 0.0673. The first-order valence-electron chi connectivity index (χ1n) is 7.06. The molecule has 0 aliphatic rings. The van der Waals surface area contributed by atoms with Crippen LogP contribution in [0.4, 0.5) is 0 Å². The number of ether oxygens (including phenoxy) is 4. The molecule has 118 valence electrons. The summed E-state index contributed by atoms with van der Waals surface area (Å²) in [5, 5.41) is 0. The Hall–Kier alpha value is -1.43. The molecule has 0 N–H and O–H groups in total. The number of carbonyl (C=O) groups excluding carboxylic acids is 1. The van der Waals surface area contributed by atoms with E-state index in [9.17, 15) is 4.79 Å². The lowest BCUT2D eigenvalue weighted by Gasteiger charge is -2.19. The number of rotatable bonds is 10. The summed E-state index contributed by atoms with van der Waals surface area (Å²) in [6.45, 7) is 6.44. The second kappa shape index (κ2) is 10.3. The van der Waals surface area contributed by atoms with Gasteiger partial charge >= 0.3 is 5.97 Å². The summed E-state index contributed by atoms with van der Waals surface area (Å²) < 4.78 is 21.4. The molecule has 0 bridgehead atoms. The fourth-order valence-electron chi connectivity index (χ4n) is 1.54. The first kappa shape index (κ1) is 17.6. The van der Waals surface area contributed by atoms with E-state index in [1.54, 1.807) is 0 Å². The molecule has 1 aromatic carbocycles. The highest BCUT2D eigenvalue weighted by atomic mass is 16.7.